The highest BCUT2D eigenvalue weighted by molar-refractivity contribution is 5.82. The molecule has 9 heteroatoms. The summed E-state index contributed by atoms with van der Waals surface area (Å²) in [5, 5.41) is 28.8. The summed E-state index contributed by atoms with van der Waals surface area (Å²) in [6, 6.07) is 6.55. The van der Waals surface area contributed by atoms with E-state index in [4.69, 9.17) is 24.8 Å². The van der Waals surface area contributed by atoms with Crippen LogP contribution in [0.5, 0.6) is 0 Å². The normalized spacial score (nSPS) is 12.5. The molecule has 0 saturated heterocycles. The smallest absolute Gasteiger partial charge is 0.234 e. The number of hydrogen-bond donors (Lipinski definition) is 4. The number of hydrogen-bond acceptors (Lipinski definition) is 7. The van der Waals surface area contributed by atoms with Gasteiger partial charge in [-0.25, -0.2) is 5.43 Å². The van der Waals surface area contributed by atoms with Crippen LogP contribution in [-0.2, 0) is 13.2 Å². The van der Waals surface area contributed by atoms with E-state index in [0.29, 0.717) is 23.0 Å². The second-order valence-electron chi connectivity index (χ2n) is 4.02. The molecule has 2 heterocycles. The lowest BCUT2D eigenvalue weighted by atomic mass is 10.4. The molecular formula is C13H15N5O4. The largest absolute Gasteiger partial charge is 0.458 e. The van der Waals surface area contributed by atoms with E-state index in [9.17, 15) is 0 Å². The van der Waals surface area contributed by atoms with Crippen molar-refractivity contribution in [2.45, 2.75) is 13.2 Å². The van der Waals surface area contributed by atoms with Crippen LogP contribution in [0.15, 0.2) is 48.4 Å². The molecule has 9 nitrogen and oxygen atoms in total. The monoisotopic (exact) mass is 305 g/mol. The summed E-state index contributed by atoms with van der Waals surface area (Å²) in [6.45, 7) is -0.357. The molecule has 116 valence electrons. The third-order valence-corrected chi connectivity index (χ3v) is 2.40. The van der Waals surface area contributed by atoms with Gasteiger partial charge in [0.05, 0.1) is 12.4 Å². The molecule has 0 spiro atoms. The zero-order valence-electron chi connectivity index (χ0n) is 11.5. The molecule has 0 unspecified atom stereocenters. The fraction of sp³-hybridized carbons (Fsp3) is 0.154. The fourth-order valence-electron chi connectivity index (χ4n) is 1.43. The molecule has 0 aliphatic carbocycles. The number of furan rings is 2. The second-order valence-corrected chi connectivity index (χ2v) is 4.02. The predicted molar refractivity (Wildman–Crippen MR) is 79.2 cm³/mol. The van der Waals surface area contributed by atoms with Gasteiger partial charge >= 0.3 is 0 Å². The first-order valence-corrected chi connectivity index (χ1v) is 6.26. The SMILES string of the molecule is N/C(=N\N=C\c1ccc(CO)o1)N/N=C/c1ccc(CO)o1. The first kappa shape index (κ1) is 15.5. The van der Waals surface area contributed by atoms with Gasteiger partial charge in [-0.2, -0.15) is 10.2 Å². The molecule has 0 atom stereocenters. The van der Waals surface area contributed by atoms with Gasteiger partial charge in [0.1, 0.15) is 36.3 Å². The van der Waals surface area contributed by atoms with E-state index < -0.39 is 0 Å². The topological polar surface area (TPSA) is 142 Å². The number of aliphatic hydroxyl groups excluding tert-OH is 2. The lowest BCUT2D eigenvalue weighted by molar-refractivity contribution is 0.246. The summed E-state index contributed by atoms with van der Waals surface area (Å²) in [5.41, 5.74) is 7.99. The standard InChI is InChI=1S/C13H15N5O4/c14-13(17-15-5-9-1-3-11(7-19)21-9)18-16-6-10-2-4-12(8-20)22-10/h1-6,19-20H,7-8H2,(H3,14,17,18)/b15-5+,16-6+. The van der Waals surface area contributed by atoms with Crippen molar-refractivity contribution in [2.24, 2.45) is 21.0 Å². The van der Waals surface area contributed by atoms with Gasteiger partial charge in [0.15, 0.2) is 0 Å². The third-order valence-electron chi connectivity index (χ3n) is 2.40. The number of hydrazone groups is 1. The summed E-state index contributed by atoms with van der Waals surface area (Å²) < 4.78 is 10.4. The van der Waals surface area contributed by atoms with Crippen molar-refractivity contribution < 1.29 is 19.0 Å². The Balaban J connectivity index is 1.84. The van der Waals surface area contributed by atoms with Crippen LogP contribution in [0.25, 0.3) is 0 Å². The maximum atomic E-state index is 8.84. The average molecular weight is 305 g/mol. The highest BCUT2D eigenvalue weighted by Gasteiger charge is 1.98. The zero-order chi connectivity index (χ0) is 15.8. The van der Waals surface area contributed by atoms with Crippen molar-refractivity contribution >= 4 is 18.4 Å². The Morgan fingerprint density at radius 1 is 1.05 bits per heavy atom. The van der Waals surface area contributed by atoms with Crippen molar-refractivity contribution in [2.75, 3.05) is 0 Å². The fourth-order valence-corrected chi connectivity index (χ4v) is 1.43. The number of guanidine groups is 1. The minimum absolute atomic E-state index is 0.0321. The van der Waals surface area contributed by atoms with E-state index in [0.717, 1.165) is 0 Å². The number of aliphatic hydroxyl groups is 2. The summed E-state index contributed by atoms with van der Waals surface area (Å²) in [6.07, 6.45) is 2.72. The summed E-state index contributed by atoms with van der Waals surface area (Å²) in [5.74, 6) is 1.74. The minimum atomic E-state index is -0.180. The van der Waals surface area contributed by atoms with Crippen LogP contribution in [0.2, 0.25) is 0 Å². The Morgan fingerprint density at radius 2 is 1.64 bits per heavy atom. The van der Waals surface area contributed by atoms with Crippen LogP contribution in [-0.4, -0.2) is 28.6 Å². The van der Waals surface area contributed by atoms with Crippen molar-refractivity contribution in [1.29, 1.82) is 0 Å². The predicted octanol–water partition coefficient (Wildman–Crippen LogP) is 0.130. The third kappa shape index (κ3) is 4.58. The minimum Gasteiger partial charge on any atom is -0.458 e. The maximum absolute atomic E-state index is 8.84. The molecule has 2 aromatic heterocycles. The molecule has 5 N–H and O–H groups in total. The van der Waals surface area contributed by atoms with E-state index >= 15 is 0 Å². The van der Waals surface area contributed by atoms with E-state index in [1.807, 2.05) is 0 Å². The number of rotatable bonds is 6. The van der Waals surface area contributed by atoms with E-state index in [2.05, 4.69) is 20.7 Å². The lowest BCUT2D eigenvalue weighted by Gasteiger charge is -1.94. The molecule has 0 fully saturated rings. The van der Waals surface area contributed by atoms with Gasteiger partial charge in [0, 0.05) is 0 Å². The van der Waals surface area contributed by atoms with Crippen LogP contribution in [0.4, 0.5) is 0 Å². The number of nitrogens with zero attached hydrogens (tertiary/aromatic N) is 3. The average Bonchev–Trinajstić information content (AvgIpc) is 3.16. The van der Waals surface area contributed by atoms with Gasteiger partial charge in [0.2, 0.25) is 5.96 Å². The van der Waals surface area contributed by atoms with Crippen molar-refractivity contribution in [3.63, 3.8) is 0 Å². The van der Waals surface area contributed by atoms with Gasteiger partial charge in [-0.1, -0.05) is 0 Å². The summed E-state index contributed by atoms with van der Waals surface area (Å²) in [7, 11) is 0. The van der Waals surface area contributed by atoms with Gasteiger partial charge < -0.3 is 24.8 Å². The Bertz CT molecular complexity index is 686. The van der Waals surface area contributed by atoms with Gasteiger partial charge in [-0.15, -0.1) is 5.10 Å². The molecule has 0 radical (unpaired) electrons. The molecule has 2 aromatic rings. The molecule has 0 aliphatic heterocycles. The van der Waals surface area contributed by atoms with Crippen LogP contribution in [0, 0.1) is 0 Å². The molecule has 22 heavy (non-hydrogen) atoms. The van der Waals surface area contributed by atoms with E-state index in [-0.39, 0.29) is 19.2 Å². The van der Waals surface area contributed by atoms with Gasteiger partial charge in [0.25, 0.3) is 0 Å². The van der Waals surface area contributed by atoms with Crippen LogP contribution in [0.3, 0.4) is 0 Å². The molecule has 0 aromatic carbocycles. The zero-order valence-corrected chi connectivity index (χ0v) is 11.5. The highest BCUT2D eigenvalue weighted by Crippen LogP contribution is 2.05. The van der Waals surface area contributed by atoms with Gasteiger partial charge in [-0.3, -0.25) is 0 Å². The quantitative estimate of drug-likeness (QED) is 0.339. The number of nitrogens with two attached hydrogens (primary N) is 1. The molecular weight excluding hydrogens is 290 g/mol. The Hall–Kier alpha value is -2.91. The Morgan fingerprint density at radius 3 is 2.18 bits per heavy atom. The van der Waals surface area contributed by atoms with Crippen molar-refractivity contribution in [1.82, 2.24) is 5.43 Å². The highest BCUT2D eigenvalue weighted by atomic mass is 16.4. The lowest BCUT2D eigenvalue weighted by Crippen LogP contribution is -2.26. The summed E-state index contributed by atoms with van der Waals surface area (Å²) in [4.78, 5) is 0. The van der Waals surface area contributed by atoms with Gasteiger partial charge in [-0.05, 0) is 24.3 Å². The van der Waals surface area contributed by atoms with Crippen molar-refractivity contribution in [3.8, 4) is 0 Å². The Labute approximate surface area is 125 Å². The first-order chi connectivity index (χ1) is 10.7. The molecule has 0 bridgehead atoms. The molecule has 0 aliphatic rings. The van der Waals surface area contributed by atoms with Crippen LogP contribution >= 0.6 is 0 Å². The first-order valence-electron chi connectivity index (χ1n) is 6.26. The summed E-state index contributed by atoms with van der Waals surface area (Å²) >= 11 is 0. The second kappa shape index (κ2) is 7.76. The van der Waals surface area contributed by atoms with Crippen LogP contribution < -0.4 is 11.2 Å². The van der Waals surface area contributed by atoms with E-state index in [1.165, 1.54) is 12.4 Å². The van der Waals surface area contributed by atoms with Crippen LogP contribution in [0.1, 0.15) is 23.0 Å². The van der Waals surface area contributed by atoms with E-state index in [1.54, 1.807) is 24.3 Å². The Kier molecular flexibility index (Phi) is 5.46. The number of nitrogens with one attached hydrogen (secondary N) is 1. The van der Waals surface area contributed by atoms with Crippen molar-refractivity contribution in [3.05, 3.63) is 47.3 Å². The molecule has 0 amide bonds. The molecule has 2 rings (SSSR count). The maximum Gasteiger partial charge on any atom is 0.234 e. The molecule has 0 saturated carbocycles.